The first kappa shape index (κ1) is 16.4. The highest BCUT2D eigenvalue weighted by Gasteiger charge is 2.17. The molecule has 1 N–H and O–H groups in total. The predicted octanol–water partition coefficient (Wildman–Crippen LogP) is 5.22. The van der Waals surface area contributed by atoms with Crippen molar-refractivity contribution in [2.45, 2.75) is 6.92 Å². The summed E-state index contributed by atoms with van der Waals surface area (Å²) in [6.45, 7) is 2.04. The van der Waals surface area contributed by atoms with Crippen LogP contribution in [0.5, 0.6) is 0 Å². The highest BCUT2D eigenvalue weighted by Crippen LogP contribution is 2.29. The number of anilines is 1. The number of amides is 1. The lowest BCUT2D eigenvalue weighted by molar-refractivity contribution is 0.102. The number of carbonyl (C=O) groups is 1. The van der Waals surface area contributed by atoms with Crippen molar-refractivity contribution in [2.24, 2.45) is 0 Å². The molecule has 1 amide bonds. The summed E-state index contributed by atoms with van der Waals surface area (Å²) in [6.07, 6.45) is 1.89. The van der Waals surface area contributed by atoms with Gasteiger partial charge in [-0.25, -0.2) is 4.98 Å². The topological polar surface area (TPSA) is 46.4 Å². The van der Waals surface area contributed by atoms with Crippen molar-refractivity contribution in [3.05, 3.63) is 89.1 Å². The van der Waals surface area contributed by atoms with Crippen molar-refractivity contribution in [1.82, 2.24) is 9.38 Å². The zero-order valence-electron chi connectivity index (χ0n) is 14.1. The first-order valence-electron chi connectivity index (χ1n) is 8.23. The van der Waals surface area contributed by atoms with Crippen LogP contribution in [-0.2, 0) is 0 Å². The Kier molecular flexibility index (Phi) is 4.19. The Morgan fingerprint density at radius 3 is 2.46 bits per heavy atom. The van der Waals surface area contributed by atoms with Gasteiger partial charge in [-0.05, 0) is 43.3 Å². The summed E-state index contributed by atoms with van der Waals surface area (Å²) >= 11 is 5.91. The quantitative estimate of drug-likeness (QED) is 0.544. The minimum absolute atomic E-state index is 0.208. The van der Waals surface area contributed by atoms with E-state index in [1.807, 2.05) is 60.0 Å². The Morgan fingerprint density at radius 2 is 1.73 bits per heavy atom. The summed E-state index contributed by atoms with van der Waals surface area (Å²) in [5, 5.41) is 3.59. The van der Waals surface area contributed by atoms with E-state index in [0.717, 1.165) is 16.9 Å². The molecular weight excluding hydrogens is 346 g/mol. The standard InChI is InChI=1S/C21H16ClN3O/c1-14-5-7-15(8-6-14)19-20(25-13-3-2-4-18(25)23-19)24-21(26)16-9-11-17(22)12-10-16/h2-13H,1H3,(H,24,26). The third kappa shape index (κ3) is 3.07. The molecule has 2 aromatic heterocycles. The van der Waals surface area contributed by atoms with Gasteiger partial charge in [-0.15, -0.1) is 0 Å². The molecule has 0 aliphatic rings. The highest BCUT2D eigenvalue weighted by atomic mass is 35.5. The summed E-state index contributed by atoms with van der Waals surface area (Å²) in [6, 6.07) is 20.6. The van der Waals surface area contributed by atoms with Gasteiger partial charge in [0.05, 0.1) is 0 Å². The van der Waals surface area contributed by atoms with E-state index in [9.17, 15) is 4.79 Å². The largest absolute Gasteiger partial charge is 0.306 e. The molecule has 2 heterocycles. The van der Waals surface area contributed by atoms with Gasteiger partial charge >= 0.3 is 0 Å². The maximum atomic E-state index is 12.7. The fourth-order valence-corrected chi connectivity index (χ4v) is 2.93. The van der Waals surface area contributed by atoms with E-state index in [2.05, 4.69) is 5.32 Å². The summed E-state index contributed by atoms with van der Waals surface area (Å²) in [5.41, 5.74) is 4.16. The Morgan fingerprint density at radius 1 is 1.00 bits per heavy atom. The average Bonchev–Trinajstić information content (AvgIpc) is 3.01. The Balaban J connectivity index is 1.79. The lowest BCUT2D eigenvalue weighted by Gasteiger charge is -2.08. The second kappa shape index (κ2) is 6.65. The SMILES string of the molecule is Cc1ccc(-c2nc3ccccn3c2NC(=O)c2ccc(Cl)cc2)cc1. The summed E-state index contributed by atoms with van der Waals surface area (Å²) in [5.74, 6) is 0.435. The van der Waals surface area contributed by atoms with Gasteiger partial charge in [0.25, 0.3) is 5.91 Å². The maximum Gasteiger partial charge on any atom is 0.256 e. The van der Waals surface area contributed by atoms with Crippen LogP contribution < -0.4 is 5.32 Å². The first-order valence-corrected chi connectivity index (χ1v) is 8.61. The number of aromatic nitrogens is 2. The molecule has 0 fully saturated rings. The van der Waals surface area contributed by atoms with E-state index in [-0.39, 0.29) is 5.91 Å². The number of aryl methyl sites for hydroxylation is 1. The third-order valence-electron chi connectivity index (χ3n) is 4.19. The van der Waals surface area contributed by atoms with Crippen molar-refractivity contribution < 1.29 is 4.79 Å². The maximum absolute atomic E-state index is 12.7. The van der Waals surface area contributed by atoms with Gasteiger partial charge < -0.3 is 5.32 Å². The molecule has 0 radical (unpaired) electrons. The van der Waals surface area contributed by atoms with Gasteiger partial charge in [-0.1, -0.05) is 47.5 Å². The van der Waals surface area contributed by atoms with Crippen LogP contribution in [0.3, 0.4) is 0 Å². The molecule has 0 saturated carbocycles. The van der Waals surface area contributed by atoms with Crippen LogP contribution in [-0.4, -0.2) is 15.3 Å². The van der Waals surface area contributed by atoms with E-state index in [4.69, 9.17) is 16.6 Å². The second-order valence-electron chi connectivity index (χ2n) is 6.06. The Labute approximate surface area is 156 Å². The minimum atomic E-state index is -0.208. The normalized spacial score (nSPS) is 10.8. The molecule has 4 aromatic rings. The molecule has 0 atom stereocenters. The van der Waals surface area contributed by atoms with Gasteiger partial charge in [0.15, 0.2) is 0 Å². The third-order valence-corrected chi connectivity index (χ3v) is 4.45. The van der Waals surface area contributed by atoms with E-state index in [1.165, 1.54) is 5.56 Å². The molecule has 0 aliphatic heterocycles. The van der Waals surface area contributed by atoms with Crippen LogP contribution in [0.4, 0.5) is 5.82 Å². The number of carbonyl (C=O) groups excluding carboxylic acids is 1. The summed E-state index contributed by atoms with van der Waals surface area (Å²) < 4.78 is 1.88. The fraction of sp³-hybridized carbons (Fsp3) is 0.0476. The van der Waals surface area contributed by atoms with Crippen molar-refractivity contribution in [3.8, 4) is 11.3 Å². The van der Waals surface area contributed by atoms with Gasteiger partial charge in [0.1, 0.15) is 17.2 Å². The van der Waals surface area contributed by atoms with E-state index in [0.29, 0.717) is 16.4 Å². The van der Waals surface area contributed by atoms with Crippen molar-refractivity contribution in [2.75, 3.05) is 5.32 Å². The Bertz CT molecular complexity index is 1080. The molecule has 0 spiro atoms. The zero-order valence-corrected chi connectivity index (χ0v) is 14.9. The number of halogens is 1. The lowest BCUT2D eigenvalue weighted by Crippen LogP contribution is -2.14. The molecule has 0 unspecified atom stereocenters. The zero-order chi connectivity index (χ0) is 18.1. The van der Waals surface area contributed by atoms with Crippen LogP contribution >= 0.6 is 11.6 Å². The summed E-state index contributed by atoms with van der Waals surface area (Å²) in [7, 11) is 0. The number of hydrogen-bond donors (Lipinski definition) is 1. The number of fused-ring (bicyclic) bond motifs is 1. The molecule has 4 nitrogen and oxygen atoms in total. The molecule has 0 aliphatic carbocycles. The van der Waals surface area contributed by atoms with Crippen LogP contribution in [0.25, 0.3) is 16.9 Å². The average molecular weight is 362 g/mol. The number of rotatable bonds is 3. The van der Waals surface area contributed by atoms with Crippen molar-refractivity contribution in [1.29, 1.82) is 0 Å². The van der Waals surface area contributed by atoms with Gasteiger partial charge in [-0.3, -0.25) is 9.20 Å². The summed E-state index contributed by atoms with van der Waals surface area (Å²) in [4.78, 5) is 17.4. The molecule has 26 heavy (non-hydrogen) atoms. The van der Waals surface area contributed by atoms with Gasteiger partial charge in [0, 0.05) is 22.3 Å². The van der Waals surface area contributed by atoms with E-state index < -0.39 is 0 Å². The van der Waals surface area contributed by atoms with Crippen LogP contribution in [0.2, 0.25) is 5.02 Å². The number of pyridine rings is 1. The molecule has 128 valence electrons. The number of imidazole rings is 1. The van der Waals surface area contributed by atoms with Crippen LogP contribution in [0.1, 0.15) is 15.9 Å². The number of nitrogens with one attached hydrogen (secondary N) is 1. The van der Waals surface area contributed by atoms with Gasteiger partial charge in [0.2, 0.25) is 0 Å². The highest BCUT2D eigenvalue weighted by molar-refractivity contribution is 6.30. The molecule has 2 aromatic carbocycles. The van der Waals surface area contributed by atoms with Crippen molar-refractivity contribution >= 4 is 29.0 Å². The van der Waals surface area contributed by atoms with Crippen LogP contribution in [0.15, 0.2) is 72.9 Å². The number of hydrogen-bond acceptors (Lipinski definition) is 2. The smallest absolute Gasteiger partial charge is 0.256 e. The van der Waals surface area contributed by atoms with Crippen LogP contribution in [0, 0.1) is 6.92 Å². The fourth-order valence-electron chi connectivity index (χ4n) is 2.81. The number of nitrogens with zero attached hydrogens (tertiary/aromatic N) is 2. The lowest BCUT2D eigenvalue weighted by atomic mass is 10.1. The monoisotopic (exact) mass is 361 g/mol. The first-order chi connectivity index (χ1) is 12.6. The number of benzene rings is 2. The van der Waals surface area contributed by atoms with Crippen molar-refractivity contribution in [3.63, 3.8) is 0 Å². The molecule has 5 heteroatoms. The predicted molar refractivity (Wildman–Crippen MR) is 105 cm³/mol. The molecule has 0 bridgehead atoms. The molecular formula is C21H16ClN3O. The van der Waals surface area contributed by atoms with Gasteiger partial charge in [-0.2, -0.15) is 0 Å². The minimum Gasteiger partial charge on any atom is -0.306 e. The molecule has 0 saturated heterocycles. The Hall–Kier alpha value is -3.11. The van der Waals surface area contributed by atoms with E-state index in [1.54, 1.807) is 24.3 Å². The van der Waals surface area contributed by atoms with E-state index >= 15 is 0 Å². The second-order valence-corrected chi connectivity index (χ2v) is 6.50. The molecule has 4 rings (SSSR count).